The summed E-state index contributed by atoms with van der Waals surface area (Å²) in [4.78, 5) is 19.2. The SMILES string of the molecule is CCCC(CCNc1nc(C)cc(OC)n1)CCC(=O)O. The molecular formula is C15H25N3O3. The van der Waals surface area contributed by atoms with Gasteiger partial charge in [0, 0.05) is 24.7 Å². The molecule has 6 nitrogen and oxygen atoms in total. The number of carbonyl (C=O) groups is 1. The van der Waals surface area contributed by atoms with Crippen molar-refractivity contribution in [3.8, 4) is 5.88 Å². The van der Waals surface area contributed by atoms with Crippen molar-refractivity contribution >= 4 is 11.9 Å². The van der Waals surface area contributed by atoms with Gasteiger partial charge in [0.1, 0.15) is 0 Å². The number of nitrogens with zero attached hydrogens (tertiary/aromatic N) is 2. The molecule has 6 heteroatoms. The van der Waals surface area contributed by atoms with Gasteiger partial charge in [0.05, 0.1) is 7.11 Å². The fourth-order valence-electron chi connectivity index (χ4n) is 2.28. The molecule has 0 bridgehead atoms. The van der Waals surface area contributed by atoms with Gasteiger partial charge in [0.2, 0.25) is 11.8 Å². The first-order chi connectivity index (χ1) is 10.0. The van der Waals surface area contributed by atoms with Crippen molar-refractivity contribution in [3.05, 3.63) is 11.8 Å². The normalized spacial score (nSPS) is 12.0. The van der Waals surface area contributed by atoms with Crippen LogP contribution in [0.1, 0.15) is 44.7 Å². The van der Waals surface area contributed by atoms with Crippen molar-refractivity contribution in [3.63, 3.8) is 0 Å². The summed E-state index contributed by atoms with van der Waals surface area (Å²) in [6.45, 7) is 4.74. The second-order valence-corrected chi connectivity index (χ2v) is 5.18. The molecule has 1 rings (SSSR count). The number of rotatable bonds is 10. The topological polar surface area (TPSA) is 84.3 Å². The number of carboxylic acid groups (broad SMARTS) is 1. The van der Waals surface area contributed by atoms with E-state index in [4.69, 9.17) is 9.84 Å². The molecule has 0 aliphatic carbocycles. The maximum Gasteiger partial charge on any atom is 0.303 e. The maximum atomic E-state index is 10.7. The van der Waals surface area contributed by atoms with Crippen LogP contribution >= 0.6 is 0 Å². The summed E-state index contributed by atoms with van der Waals surface area (Å²) >= 11 is 0. The van der Waals surface area contributed by atoms with Crippen LogP contribution in [0.15, 0.2) is 6.07 Å². The number of hydrogen-bond acceptors (Lipinski definition) is 5. The number of anilines is 1. The molecule has 1 aromatic rings. The minimum absolute atomic E-state index is 0.236. The fraction of sp³-hybridized carbons (Fsp3) is 0.667. The van der Waals surface area contributed by atoms with E-state index in [-0.39, 0.29) is 6.42 Å². The molecule has 0 aliphatic heterocycles. The maximum absolute atomic E-state index is 10.7. The average molecular weight is 295 g/mol. The van der Waals surface area contributed by atoms with Crippen LogP contribution in [0.3, 0.4) is 0 Å². The average Bonchev–Trinajstić information content (AvgIpc) is 2.44. The third-order valence-electron chi connectivity index (χ3n) is 3.34. The van der Waals surface area contributed by atoms with Crippen molar-refractivity contribution in [1.82, 2.24) is 9.97 Å². The van der Waals surface area contributed by atoms with Gasteiger partial charge < -0.3 is 15.2 Å². The van der Waals surface area contributed by atoms with Gasteiger partial charge >= 0.3 is 5.97 Å². The Hall–Kier alpha value is -1.85. The molecule has 1 atom stereocenters. The second-order valence-electron chi connectivity index (χ2n) is 5.18. The van der Waals surface area contributed by atoms with E-state index in [0.717, 1.165) is 37.9 Å². The highest BCUT2D eigenvalue weighted by atomic mass is 16.5. The molecule has 0 fully saturated rings. The Morgan fingerprint density at radius 2 is 2.14 bits per heavy atom. The van der Waals surface area contributed by atoms with Gasteiger partial charge in [-0.15, -0.1) is 0 Å². The Morgan fingerprint density at radius 1 is 1.38 bits per heavy atom. The summed E-state index contributed by atoms with van der Waals surface area (Å²) in [5, 5.41) is 12.0. The molecule has 0 aliphatic rings. The molecule has 2 N–H and O–H groups in total. The molecule has 21 heavy (non-hydrogen) atoms. The van der Waals surface area contributed by atoms with Gasteiger partial charge in [-0.05, 0) is 25.7 Å². The monoisotopic (exact) mass is 295 g/mol. The van der Waals surface area contributed by atoms with E-state index in [1.165, 1.54) is 0 Å². The molecule has 0 aromatic carbocycles. The Morgan fingerprint density at radius 3 is 2.76 bits per heavy atom. The molecule has 1 heterocycles. The largest absolute Gasteiger partial charge is 0.481 e. The Labute approximate surface area is 126 Å². The highest BCUT2D eigenvalue weighted by Crippen LogP contribution is 2.18. The molecule has 118 valence electrons. The number of nitrogens with one attached hydrogen (secondary N) is 1. The number of methoxy groups -OCH3 is 1. The number of aliphatic carboxylic acids is 1. The molecule has 0 saturated carbocycles. The highest BCUT2D eigenvalue weighted by Gasteiger charge is 2.10. The zero-order valence-electron chi connectivity index (χ0n) is 13.1. The van der Waals surface area contributed by atoms with E-state index in [1.807, 2.05) is 6.92 Å². The predicted octanol–water partition coefficient (Wildman–Crippen LogP) is 2.88. The third-order valence-corrected chi connectivity index (χ3v) is 3.34. The van der Waals surface area contributed by atoms with Gasteiger partial charge in [-0.3, -0.25) is 4.79 Å². The molecule has 0 saturated heterocycles. The number of carboxylic acids is 1. The zero-order chi connectivity index (χ0) is 15.7. The summed E-state index contributed by atoms with van der Waals surface area (Å²) < 4.78 is 5.11. The predicted molar refractivity (Wildman–Crippen MR) is 81.7 cm³/mol. The van der Waals surface area contributed by atoms with E-state index in [9.17, 15) is 4.79 Å². The standard InChI is InChI=1S/C15H25N3O3/c1-4-5-12(6-7-14(19)20)8-9-16-15-17-11(2)10-13(18-15)21-3/h10,12H,4-9H2,1-3H3,(H,19,20)(H,16,17,18). The lowest BCUT2D eigenvalue weighted by atomic mass is 9.94. The van der Waals surface area contributed by atoms with Crippen LogP contribution in [-0.2, 0) is 4.79 Å². The van der Waals surface area contributed by atoms with E-state index >= 15 is 0 Å². The van der Waals surface area contributed by atoms with Crippen LogP contribution in [0.25, 0.3) is 0 Å². The van der Waals surface area contributed by atoms with Gasteiger partial charge in [-0.2, -0.15) is 4.98 Å². The fourth-order valence-corrected chi connectivity index (χ4v) is 2.28. The van der Waals surface area contributed by atoms with E-state index in [1.54, 1.807) is 13.2 Å². The van der Waals surface area contributed by atoms with Crippen molar-refractivity contribution in [1.29, 1.82) is 0 Å². The summed E-state index contributed by atoms with van der Waals surface area (Å²) in [6, 6.07) is 1.78. The Kier molecular flexibility index (Phi) is 7.50. The lowest BCUT2D eigenvalue weighted by Crippen LogP contribution is -2.13. The molecule has 1 aromatic heterocycles. The van der Waals surface area contributed by atoms with Crippen molar-refractivity contribution in [2.24, 2.45) is 5.92 Å². The van der Waals surface area contributed by atoms with Crippen LogP contribution < -0.4 is 10.1 Å². The summed E-state index contributed by atoms with van der Waals surface area (Å²) in [6.07, 6.45) is 4.00. The molecule has 0 spiro atoms. The number of hydrogen-bond donors (Lipinski definition) is 2. The van der Waals surface area contributed by atoms with Crippen molar-refractivity contribution in [2.45, 2.75) is 46.0 Å². The first kappa shape index (κ1) is 17.2. The van der Waals surface area contributed by atoms with E-state index in [0.29, 0.717) is 17.7 Å². The zero-order valence-corrected chi connectivity index (χ0v) is 13.1. The number of aromatic nitrogens is 2. The first-order valence-corrected chi connectivity index (χ1v) is 7.40. The number of ether oxygens (including phenoxy) is 1. The van der Waals surface area contributed by atoms with Gasteiger partial charge in [-0.1, -0.05) is 19.8 Å². The Balaban J connectivity index is 2.45. The van der Waals surface area contributed by atoms with Gasteiger partial charge in [0.15, 0.2) is 0 Å². The lowest BCUT2D eigenvalue weighted by molar-refractivity contribution is -0.137. The van der Waals surface area contributed by atoms with Crippen molar-refractivity contribution in [2.75, 3.05) is 19.0 Å². The molecule has 0 amide bonds. The van der Waals surface area contributed by atoms with Gasteiger partial charge in [-0.25, -0.2) is 4.98 Å². The minimum atomic E-state index is -0.726. The Bertz CT molecular complexity index is 452. The van der Waals surface area contributed by atoms with Crippen LogP contribution in [0, 0.1) is 12.8 Å². The van der Waals surface area contributed by atoms with Crippen LogP contribution in [0.2, 0.25) is 0 Å². The van der Waals surface area contributed by atoms with E-state index in [2.05, 4.69) is 22.2 Å². The minimum Gasteiger partial charge on any atom is -0.481 e. The van der Waals surface area contributed by atoms with Crippen LogP contribution in [-0.4, -0.2) is 34.7 Å². The first-order valence-electron chi connectivity index (χ1n) is 7.40. The third kappa shape index (κ3) is 6.92. The highest BCUT2D eigenvalue weighted by molar-refractivity contribution is 5.66. The van der Waals surface area contributed by atoms with E-state index < -0.39 is 5.97 Å². The molecule has 0 radical (unpaired) electrons. The second kappa shape index (κ2) is 9.15. The lowest BCUT2D eigenvalue weighted by Gasteiger charge is -2.15. The summed E-state index contributed by atoms with van der Waals surface area (Å²) in [5.41, 5.74) is 0.848. The summed E-state index contributed by atoms with van der Waals surface area (Å²) in [7, 11) is 1.58. The quantitative estimate of drug-likeness (QED) is 0.690. The molecule has 1 unspecified atom stereocenters. The summed E-state index contributed by atoms with van der Waals surface area (Å²) in [5.74, 6) is 0.794. The van der Waals surface area contributed by atoms with Crippen LogP contribution in [0.5, 0.6) is 5.88 Å². The molecular weight excluding hydrogens is 270 g/mol. The number of aryl methyl sites for hydroxylation is 1. The van der Waals surface area contributed by atoms with Crippen LogP contribution in [0.4, 0.5) is 5.95 Å². The van der Waals surface area contributed by atoms with Crippen molar-refractivity contribution < 1.29 is 14.6 Å². The smallest absolute Gasteiger partial charge is 0.303 e. The van der Waals surface area contributed by atoms with Gasteiger partial charge in [0.25, 0.3) is 0 Å².